The molecular weight excluding hydrogens is 566 g/mol. The molecular formula is C28H49N5O10. The van der Waals surface area contributed by atoms with Crippen LogP contribution in [0.5, 0.6) is 0 Å². The molecule has 43 heavy (non-hydrogen) atoms. The third-order valence-corrected chi connectivity index (χ3v) is 8.05. The predicted molar refractivity (Wildman–Crippen MR) is 155 cm³/mol. The highest BCUT2D eigenvalue weighted by Crippen LogP contribution is 2.34. The summed E-state index contributed by atoms with van der Waals surface area (Å²) in [5.74, 6) is -0.640. The van der Waals surface area contributed by atoms with Crippen molar-refractivity contribution in [2.45, 2.75) is 132 Å². The van der Waals surface area contributed by atoms with E-state index in [2.05, 4.69) is 12.2 Å². The van der Waals surface area contributed by atoms with Crippen molar-refractivity contribution in [3.05, 3.63) is 33.1 Å². The molecule has 1 aromatic rings. The van der Waals surface area contributed by atoms with E-state index in [-0.39, 0.29) is 6.54 Å². The summed E-state index contributed by atoms with van der Waals surface area (Å²) >= 11 is 0. The SMILES string of the molecule is CCCCCCCCCCCCNC(=O)[C@@H](N)[C@H](O[C@@H]1O[C@H](CN)[C@@H](O)[C@H]1O)[C@H]1O[C@@H](n2ccc(=O)[nH]c2=O)[C@H](O)[C@@H]1O. The Kier molecular flexibility index (Phi) is 14.2. The van der Waals surface area contributed by atoms with E-state index in [1.54, 1.807) is 0 Å². The molecule has 246 valence electrons. The van der Waals surface area contributed by atoms with Gasteiger partial charge in [0.15, 0.2) is 12.5 Å². The molecule has 2 saturated heterocycles. The number of ether oxygens (including phenoxy) is 3. The minimum atomic E-state index is -1.71. The molecule has 0 unspecified atom stereocenters. The fourth-order valence-electron chi connectivity index (χ4n) is 5.45. The smallest absolute Gasteiger partial charge is 0.330 e. The third kappa shape index (κ3) is 9.39. The molecule has 0 bridgehead atoms. The van der Waals surface area contributed by atoms with E-state index in [1.807, 2.05) is 4.98 Å². The molecule has 2 aliphatic rings. The Bertz CT molecular complexity index is 1100. The first-order valence-electron chi connectivity index (χ1n) is 15.3. The first-order valence-corrected chi connectivity index (χ1v) is 15.3. The maximum atomic E-state index is 13.1. The van der Waals surface area contributed by atoms with Gasteiger partial charge >= 0.3 is 5.69 Å². The Hall–Kier alpha value is -2.21. The van der Waals surface area contributed by atoms with E-state index < -0.39 is 78.4 Å². The van der Waals surface area contributed by atoms with Gasteiger partial charge in [-0.15, -0.1) is 0 Å². The number of rotatable bonds is 18. The van der Waals surface area contributed by atoms with Gasteiger partial charge < -0.3 is 51.4 Å². The van der Waals surface area contributed by atoms with Gasteiger partial charge in [0.2, 0.25) is 5.91 Å². The lowest BCUT2D eigenvalue weighted by atomic mass is 9.99. The van der Waals surface area contributed by atoms with Crippen LogP contribution >= 0.6 is 0 Å². The predicted octanol–water partition coefficient (Wildman–Crippen LogP) is -1.69. The quantitative estimate of drug-likeness (QED) is 0.0863. The number of nitrogens with two attached hydrogens (primary N) is 2. The van der Waals surface area contributed by atoms with Crippen LogP contribution < -0.4 is 28.0 Å². The fourth-order valence-corrected chi connectivity index (χ4v) is 5.45. The van der Waals surface area contributed by atoms with E-state index >= 15 is 0 Å². The second-order valence-corrected chi connectivity index (χ2v) is 11.3. The van der Waals surface area contributed by atoms with Crippen LogP contribution in [0.4, 0.5) is 0 Å². The molecule has 2 fully saturated rings. The van der Waals surface area contributed by atoms with E-state index in [0.29, 0.717) is 6.54 Å². The fraction of sp³-hybridized carbons (Fsp3) is 0.821. The Labute approximate surface area is 250 Å². The number of nitrogens with zero attached hydrogens (tertiary/aromatic N) is 1. The molecule has 0 aliphatic carbocycles. The number of aromatic nitrogens is 2. The number of amides is 1. The largest absolute Gasteiger partial charge is 0.387 e. The van der Waals surface area contributed by atoms with E-state index in [4.69, 9.17) is 25.7 Å². The Morgan fingerprint density at radius 1 is 0.977 bits per heavy atom. The average molecular weight is 616 g/mol. The van der Waals surface area contributed by atoms with Crippen molar-refractivity contribution < 1.29 is 39.4 Å². The summed E-state index contributed by atoms with van der Waals surface area (Å²) in [7, 11) is 0. The number of hydrogen-bond donors (Lipinski definition) is 8. The van der Waals surface area contributed by atoms with Gasteiger partial charge in [-0.05, 0) is 6.42 Å². The van der Waals surface area contributed by atoms with Crippen LogP contribution in [0.3, 0.4) is 0 Å². The lowest BCUT2D eigenvalue weighted by Crippen LogP contribution is -2.58. The highest BCUT2D eigenvalue weighted by Gasteiger charge is 2.53. The van der Waals surface area contributed by atoms with E-state index in [0.717, 1.165) is 42.5 Å². The third-order valence-electron chi connectivity index (χ3n) is 8.05. The van der Waals surface area contributed by atoms with Crippen LogP contribution in [0.1, 0.15) is 77.4 Å². The molecule has 0 saturated carbocycles. The second kappa shape index (κ2) is 17.3. The minimum Gasteiger partial charge on any atom is -0.387 e. The summed E-state index contributed by atoms with van der Waals surface area (Å²) in [6.45, 7) is 2.41. The van der Waals surface area contributed by atoms with Crippen LogP contribution in [0.2, 0.25) is 0 Å². The molecule has 10 N–H and O–H groups in total. The van der Waals surface area contributed by atoms with Crippen LogP contribution in [0.25, 0.3) is 0 Å². The van der Waals surface area contributed by atoms with Crippen molar-refractivity contribution in [3.63, 3.8) is 0 Å². The normalized spacial score (nSPS) is 30.4. The van der Waals surface area contributed by atoms with Gasteiger partial charge in [0.05, 0.1) is 0 Å². The van der Waals surface area contributed by atoms with Crippen molar-refractivity contribution in [1.82, 2.24) is 14.9 Å². The van der Waals surface area contributed by atoms with E-state index in [9.17, 15) is 34.8 Å². The number of aliphatic hydroxyl groups is 4. The molecule has 3 rings (SSSR count). The zero-order valence-electron chi connectivity index (χ0n) is 24.8. The van der Waals surface area contributed by atoms with Crippen molar-refractivity contribution in [2.24, 2.45) is 11.5 Å². The maximum Gasteiger partial charge on any atom is 0.330 e. The van der Waals surface area contributed by atoms with Gasteiger partial charge in [0.25, 0.3) is 5.56 Å². The number of H-pyrrole nitrogens is 1. The summed E-state index contributed by atoms with van der Waals surface area (Å²) in [6.07, 6.45) is -0.839. The Morgan fingerprint density at radius 3 is 2.19 bits per heavy atom. The van der Waals surface area contributed by atoms with Gasteiger partial charge in [-0.25, -0.2) is 4.79 Å². The summed E-state index contributed by atoms with van der Waals surface area (Å²) in [5, 5.41) is 45.1. The number of aromatic amines is 1. The molecule has 0 spiro atoms. The lowest BCUT2D eigenvalue weighted by molar-refractivity contribution is -0.224. The van der Waals surface area contributed by atoms with Gasteiger partial charge in [-0.2, -0.15) is 0 Å². The monoisotopic (exact) mass is 615 g/mol. The molecule has 15 heteroatoms. The molecule has 1 amide bonds. The van der Waals surface area contributed by atoms with Crippen LogP contribution in [0.15, 0.2) is 21.9 Å². The number of hydrogen-bond acceptors (Lipinski definition) is 12. The molecule has 3 heterocycles. The van der Waals surface area contributed by atoms with Gasteiger partial charge in [0, 0.05) is 25.4 Å². The lowest BCUT2D eigenvalue weighted by Gasteiger charge is -2.32. The average Bonchev–Trinajstić information content (AvgIpc) is 3.43. The minimum absolute atomic E-state index is 0.132. The molecule has 0 radical (unpaired) electrons. The number of carbonyl (C=O) groups excluding carboxylic acids is 1. The molecule has 2 aliphatic heterocycles. The van der Waals surface area contributed by atoms with Gasteiger partial charge in [-0.1, -0.05) is 64.7 Å². The van der Waals surface area contributed by atoms with Crippen LogP contribution in [0, 0.1) is 0 Å². The Balaban J connectivity index is 1.63. The topological polar surface area (TPSA) is 245 Å². The first kappa shape index (κ1) is 35.3. The molecule has 15 nitrogen and oxygen atoms in total. The Morgan fingerprint density at radius 2 is 1.60 bits per heavy atom. The van der Waals surface area contributed by atoms with E-state index in [1.165, 1.54) is 38.5 Å². The zero-order chi connectivity index (χ0) is 31.5. The summed E-state index contributed by atoms with van der Waals surface area (Å²) in [4.78, 5) is 38.9. The number of nitrogens with one attached hydrogen (secondary N) is 2. The highest BCUT2D eigenvalue weighted by atomic mass is 16.7. The van der Waals surface area contributed by atoms with Crippen LogP contribution in [-0.4, -0.2) is 104 Å². The summed E-state index contributed by atoms with van der Waals surface area (Å²) in [6, 6.07) is -0.444. The highest BCUT2D eigenvalue weighted by molar-refractivity contribution is 5.82. The standard InChI is InChI=1S/C28H49N5O10/c1-2-3-4-5-6-7-8-9-10-11-13-31-25(39)18(30)23(43-27-22(38)19(35)16(15-29)41-27)24-20(36)21(37)26(42-24)33-14-12-17(34)32-28(33)40/h12,14,16,18-24,26-27,35-38H,2-11,13,15,29-30H2,1H3,(H,31,39)(H,32,34,40)/t16-,18+,19-,20+,21-,22-,23+,24+,26-,27+/m1/s1. The maximum absolute atomic E-state index is 13.1. The molecule has 10 atom stereocenters. The number of unbranched alkanes of at least 4 members (excludes halogenated alkanes) is 9. The summed E-state index contributed by atoms with van der Waals surface area (Å²) in [5.41, 5.74) is 10.3. The van der Waals surface area contributed by atoms with Gasteiger partial charge in [-0.3, -0.25) is 19.1 Å². The van der Waals surface area contributed by atoms with Gasteiger partial charge in [0.1, 0.15) is 48.8 Å². The second-order valence-electron chi connectivity index (χ2n) is 11.3. The first-order chi connectivity index (χ1) is 20.6. The molecule has 1 aromatic heterocycles. The number of carbonyl (C=O) groups is 1. The summed E-state index contributed by atoms with van der Waals surface area (Å²) < 4.78 is 18.0. The van der Waals surface area contributed by atoms with Crippen LogP contribution in [-0.2, 0) is 19.0 Å². The number of aliphatic hydroxyl groups excluding tert-OH is 4. The van der Waals surface area contributed by atoms with Crippen molar-refractivity contribution in [3.8, 4) is 0 Å². The van der Waals surface area contributed by atoms with Crippen molar-refractivity contribution in [2.75, 3.05) is 13.1 Å². The van der Waals surface area contributed by atoms with Crippen molar-refractivity contribution in [1.29, 1.82) is 0 Å². The van der Waals surface area contributed by atoms with Crippen molar-refractivity contribution >= 4 is 5.91 Å². The molecule has 0 aromatic carbocycles. The zero-order valence-corrected chi connectivity index (χ0v) is 24.8.